The topological polar surface area (TPSA) is 44.5 Å². The Kier molecular flexibility index (Phi) is 2.09. The largest absolute Gasteiger partial charge is 0.444 e. The average molecular weight is 183 g/mol. The fraction of sp³-hybridized carbons (Fsp3) is 0.667. The van der Waals surface area contributed by atoms with Crippen LogP contribution in [-0.2, 0) is 21.7 Å². The van der Waals surface area contributed by atoms with Crippen molar-refractivity contribution in [2.24, 2.45) is 0 Å². The third-order valence-electron chi connectivity index (χ3n) is 2.14. The van der Waals surface area contributed by atoms with Gasteiger partial charge < -0.3 is 13.9 Å². The Balaban J connectivity index is 2.23. The molecular weight excluding hydrogens is 170 g/mol. The van der Waals surface area contributed by atoms with Gasteiger partial charge in [-0.05, 0) is 13.3 Å². The van der Waals surface area contributed by atoms with Gasteiger partial charge >= 0.3 is 0 Å². The molecule has 0 aliphatic carbocycles. The number of rotatable bonds is 2. The van der Waals surface area contributed by atoms with E-state index in [0.717, 1.165) is 12.1 Å². The molecule has 4 nitrogen and oxygen atoms in total. The van der Waals surface area contributed by atoms with E-state index in [1.165, 1.54) is 0 Å². The third kappa shape index (κ3) is 1.47. The van der Waals surface area contributed by atoms with Gasteiger partial charge in [-0.15, -0.1) is 0 Å². The monoisotopic (exact) mass is 183 g/mol. The second kappa shape index (κ2) is 3.12. The Bertz CT molecular complexity index is 289. The first-order valence-electron chi connectivity index (χ1n) is 4.47. The molecule has 1 saturated heterocycles. The molecule has 0 radical (unpaired) electrons. The van der Waals surface area contributed by atoms with Crippen LogP contribution in [0.2, 0.25) is 0 Å². The van der Waals surface area contributed by atoms with E-state index < -0.39 is 5.79 Å². The predicted octanol–water partition coefficient (Wildman–Crippen LogP) is 1.46. The fourth-order valence-corrected chi connectivity index (χ4v) is 1.32. The van der Waals surface area contributed by atoms with E-state index in [0.29, 0.717) is 19.1 Å². The van der Waals surface area contributed by atoms with Crippen molar-refractivity contribution in [3.63, 3.8) is 0 Å². The van der Waals surface area contributed by atoms with Crippen LogP contribution in [0, 0.1) is 0 Å². The van der Waals surface area contributed by atoms with Gasteiger partial charge in [0.05, 0.1) is 18.9 Å². The summed E-state index contributed by atoms with van der Waals surface area (Å²) in [5.74, 6) is -0.255. The molecule has 0 atom stereocenters. The van der Waals surface area contributed by atoms with Gasteiger partial charge in [-0.1, -0.05) is 6.92 Å². The third-order valence-corrected chi connectivity index (χ3v) is 2.14. The SMILES string of the molecule is CCc1coc(C2(C)OCCO2)n1. The predicted molar refractivity (Wildman–Crippen MR) is 45.1 cm³/mol. The van der Waals surface area contributed by atoms with Crippen LogP contribution in [0.15, 0.2) is 10.7 Å². The van der Waals surface area contributed by atoms with E-state index >= 15 is 0 Å². The highest BCUT2D eigenvalue weighted by Gasteiger charge is 2.38. The van der Waals surface area contributed by atoms with Crippen LogP contribution in [0.5, 0.6) is 0 Å². The molecule has 0 amide bonds. The Morgan fingerprint density at radius 3 is 2.69 bits per heavy atom. The summed E-state index contributed by atoms with van der Waals surface area (Å²) in [6, 6.07) is 0. The standard InChI is InChI=1S/C9H13NO3/c1-3-7-6-11-8(10-7)9(2)12-4-5-13-9/h6H,3-5H2,1-2H3. The highest BCUT2D eigenvalue weighted by Crippen LogP contribution is 2.29. The highest BCUT2D eigenvalue weighted by molar-refractivity contribution is 5.01. The molecule has 0 saturated carbocycles. The molecule has 0 unspecified atom stereocenters. The summed E-state index contributed by atoms with van der Waals surface area (Å²) in [4.78, 5) is 4.27. The molecule has 1 aliphatic rings. The maximum Gasteiger partial charge on any atom is 0.255 e. The molecule has 2 heterocycles. The quantitative estimate of drug-likeness (QED) is 0.696. The van der Waals surface area contributed by atoms with Gasteiger partial charge in [0.15, 0.2) is 0 Å². The van der Waals surface area contributed by atoms with Crippen LogP contribution in [0.25, 0.3) is 0 Å². The number of aromatic nitrogens is 1. The van der Waals surface area contributed by atoms with Crippen molar-refractivity contribution in [1.82, 2.24) is 4.98 Å². The van der Waals surface area contributed by atoms with Crippen LogP contribution in [0.4, 0.5) is 0 Å². The van der Waals surface area contributed by atoms with Gasteiger partial charge in [0.2, 0.25) is 5.79 Å². The van der Waals surface area contributed by atoms with Gasteiger partial charge in [0, 0.05) is 0 Å². The van der Waals surface area contributed by atoms with Crippen molar-refractivity contribution in [3.05, 3.63) is 17.8 Å². The maximum atomic E-state index is 5.41. The molecule has 4 heteroatoms. The second-order valence-electron chi connectivity index (χ2n) is 3.14. The van der Waals surface area contributed by atoms with Crippen LogP contribution < -0.4 is 0 Å². The lowest BCUT2D eigenvalue weighted by atomic mass is 10.3. The summed E-state index contributed by atoms with van der Waals surface area (Å²) in [5, 5.41) is 0. The molecule has 1 aromatic rings. The van der Waals surface area contributed by atoms with E-state index in [4.69, 9.17) is 13.9 Å². The molecule has 2 rings (SSSR count). The first-order chi connectivity index (χ1) is 6.24. The molecule has 0 aromatic carbocycles. The van der Waals surface area contributed by atoms with Crippen LogP contribution in [-0.4, -0.2) is 18.2 Å². The van der Waals surface area contributed by atoms with E-state index in [2.05, 4.69) is 4.98 Å². The number of hydrogen-bond donors (Lipinski definition) is 0. The smallest absolute Gasteiger partial charge is 0.255 e. The normalized spacial score (nSPS) is 20.8. The lowest BCUT2D eigenvalue weighted by Gasteiger charge is -2.17. The Labute approximate surface area is 76.9 Å². The molecule has 0 N–H and O–H groups in total. The van der Waals surface area contributed by atoms with Crippen molar-refractivity contribution in [2.75, 3.05) is 13.2 Å². The van der Waals surface area contributed by atoms with Crippen LogP contribution in [0.3, 0.4) is 0 Å². The molecule has 0 bridgehead atoms. The molecule has 1 aliphatic heterocycles. The summed E-state index contributed by atoms with van der Waals surface area (Å²) >= 11 is 0. The van der Waals surface area contributed by atoms with Crippen molar-refractivity contribution in [3.8, 4) is 0 Å². The van der Waals surface area contributed by atoms with Gasteiger partial charge in [0.25, 0.3) is 5.89 Å². The number of nitrogens with zero attached hydrogens (tertiary/aromatic N) is 1. The minimum Gasteiger partial charge on any atom is -0.444 e. The Hall–Kier alpha value is -0.870. The first-order valence-corrected chi connectivity index (χ1v) is 4.47. The zero-order chi connectivity index (χ0) is 9.31. The Morgan fingerprint density at radius 1 is 1.46 bits per heavy atom. The second-order valence-corrected chi connectivity index (χ2v) is 3.14. The van der Waals surface area contributed by atoms with Crippen molar-refractivity contribution in [2.45, 2.75) is 26.1 Å². The van der Waals surface area contributed by atoms with Crippen LogP contribution >= 0.6 is 0 Å². The summed E-state index contributed by atoms with van der Waals surface area (Å²) < 4.78 is 16.1. The van der Waals surface area contributed by atoms with Crippen molar-refractivity contribution < 1.29 is 13.9 Å². The van der Waals surface area contributed by atoms with Gasteiger partial charge in [-0.25, -0.2) is 4.98 Å². The maximum absolute atomic E-state index is 5.41. The summed E-state index contributed by atoms with van der Waals surface area (Å²) in [6.07, 6.45) is 2.51. The summed E-state index contributed by atoms with van der Waals surface area (Å²) in [5.41, 5.74) is 0.926. The molecule has 72 valence electrons. The summed E-state index contributed by atoms with van der Waals surface area (Å²) in [6.45, 7) is 5.05. The molecule has 13 heavy (non-hydrogen) atoms. The summed E-state index contributed by atoms with van der Waals surface area (Å²) in [7, 11) is 0. The fourth-order valence-electron chi connectivity index (χ4n) is 1.32. The highest BCUT2D eigenvalue weighted by atomic mass is 16.7. The number of aryl methyl sites for hydroxylation is 1. The zero-order valence-electron chi connectivity index (χ0n) is 7.87. The minimum atomic E-state index is -0.770. The van der Waals surface area contributed by atoms with Gasteiger partial charge in [-0.2, -0.15) is 0 Å². The zero-order valence-corrected chi connectivity index (χ0v) is 7.87. The molecule has 0 spiro atoms. The number of hydrogen-bond acceptors (Lipinski definition) is 4. The van der Waals surface area contributed by atoms with E-state index in [-0.39, 0.29) is 0 Å². The average Bonchev–Trinajstić information content (AvgIpc) is 2.72. The first kappa shape index (κ1) is 8.72. The molecule has 1 fully saturated rings. The van der Waals surface area contributed by atoms with Gasteiger partial charge in [-0.3, -0.25) is 0 Å². The van der Waals surface area contributed by atoms with Gasteiger partial charge in [0.1, 0.15) is 6.26 Å². The van der Waals surface area contributed by atoms with Crippen molar-refractivity contribution in [1.29, 1.82) is 0 Å². The van der Waals surface area contributed by atoms with E-state index in [1.807, 2.05) is 13.8 Å². The molecule has 1 aromatic heterocycles. The Morgan fingerprint density at radius 2 is 2.15 bits per heavy atom. The number of ether oxygens (including phenoxy) is 2. The lowest BCUT2D eigenvalue weighted by Crippen LogP contribution is -2.22. The van der Waals surface area contributed by atoms with Crippen molar-refractivity contribution >= 4 is 0 Å². The number of oxazole rings is 1. The van der Waals surface area contributed by atoms with E-state index in [1.54, 1.807) is 6.26 Å². The minimum absolute atomic E-state index is 0.516. The lowest BCUT2D eigenvalue weighted by molar-refractivity contribution is -0.166. The molecular formula is C9H13NO3. The van der Waals surface area contributed by atoms with E-state index in [9.17, 15) is 0 Å². The van der Waals surface area contributed by atoms with Crippen LogP contribution in [0.1, 0.15) is 25.4 Å².